The number of rotatable bonds is 7. The van der Waals surface area contributed by atoms with E-state index in [1.807, 2.05) is 0 Å². The summed E-state index contributed by atoms with van der Waals surface area (Å²) in [5.41, 5.74) is 0. The highest BCUT2D eigenvalue weighted by atomic mass is 16.6. The summed E-state index contributed by atoms with van der Waals surface area (Å²) < 4.78 is 19.5. The first-order chi connectivity index (χ1) is 8.36. The summed E-state index contributed by atoms with van der Waals surface area (Å²) in [5, 5.41) is 0. The second kappa shape index (κ2) is 8.46. The van der Waals surface area contributed by atoms with Crippen LogP contribution in [0.1, 0.15) is 20.8 Å². The Labute approximate surface area is 105 Å². The Morgan fingerprint density at radius 1 is 0.833 bits per heavy atom. The molecule has 0 aliphatic heterocycles. The van der Waals surface area contributed by atoms with Crippen molar-refractivity contribution in [2.75, 3.05) is 20.3 Å². The number of carbonyl (C=O) groups is 3. The van der Waals surface area contributed by atoms with E-state index in [0.29, 0.717) is 0 Å². The van der Waals surface area contributed by atoms with Crippen LogP contribution in [0.2, 0.25) is 0 Å². The lowest BCUT2D eigenvalue weighted by molar-refractivity contribution is -0.176. The SMILES string of the molecule is COC[C@H](OC(C)=O)[C@@H](COC(C)=O)OC(C)=O. The molecule has 0 aromatic rings. The third kappa shape index (κ3) is 7.61. The quantitative estimate of drug-likeness (QED) is 0.473. The van der Waals surface area contributed by atoms with Crippen molar-refractivity contribution in [1.29, 1.82) is 0 Å². The molecule has 104 valence electrons. The summed E-state index contributed by atoms with van der Waals surface area (Å²) in [4.78, 5) is 32.6. The number of carbonyl (C=O) groups excluding carboxylic acids is 3. The van der Waals surface area contributed by atoms with Crippen molar-refractivity contribution in [3.63, 3.8) is 0 Å². The molecular weight excluding hydrogens is 244 g/mol. The van der Waals surface area contributed by atoms with E-state index in [0.717, 1.165) is 0 Å². The summed E-state index contributed by atoms with van der Waals surface area (Å²) in [7, 11) is 1.41. The Bertz CT molecular complexity index is 300. The average molecular weight is 262 g/mol. The summed E-state index contributed by atoms with van der Waals surface area (Å²) in [6.07, 6.45) is -1.72. The minimum Gasteiger partial charge on any atom is -0.462 e. The van der Waals surface area contributed by atoms with Crippen LogP contribution >= 0.6 is 0 Å². The van der Waals surface area contributed by atoms with Crippen molar-refractivity contribution in [2.24, 2.45) is 0 Å². The highest BCUT2D eigenvalue weighted by Crippen LogP contribution is 2.08. The molecular formula is C11H18O7. The van der Waals surface area contributed by atoms with Gasteiger partial charge in [-0.1, -0.05) is 0 Å². The lowest BCUT2D eigenvalue weighted by atomic mass is 10.2. The van der Waals surface area contributed by atoms with Gasteiger partial charge in [0, 0.05) is 27.9 Å². The van der Waals surface area contributed by atoms with Gasteiger partial charge in [0.15, 0.2) is 12.2 Å². The molecule has 0 aliphatic carbocycles. The van der Waals surface area contributed by atoms with Gasteiger partial charge >= 0.3 is 17.9 Å². The highest BCUT2D eigenvalue weighted by molar-refractivity contribution is 5.68. The first-order valence-corrected chi connectivity index (χ1v) is 5.33. The smallest absolute Gasteiger partial charge is 0.303 e. The normalized spacial score (nSPS) is 13.3. The molecule has 18 heavy (non-hydrogen) atoms. The molecule has 0 fully saturated rings. The Kier molecular flexibility index (Phi) is 7.69. The molecule has 0 heterocycles. The summed E-state index contributed by atoms with van der Waals surface area (Å²) in [6, 6.07) is 0. The van der Waals surface area contributed by atoms with E-state index in [4.69, 9.17) is 18.9 Å². The van der Waals surface area contributed by atoms with Crippen LogP contribution in [0.4, 0.5) is 0 Å². The van der Waals surface area contributed by atoms with Crippen LogP contribution < -0.4 is 0 Å². The predicted molar refractivity (Wildman–Crippen MR) is 59.6 cm³/mol. The first-order valence-electron chi connectivity index (χ1n) is 5.33. The van der Waals surface area contributed by atoms with E-state index >= 15 is 0 Å². The van der Waals surface area contributed by atoms with Crippen LogP contribution in [0.3, 0.4) is 0 Å². The molecule has 0 N–H and O–H groups in total. The van der Waals surface area contributed by atoms with Gasteiger partial charge in [-0.05, 0) is 0 Å². The number of methoxy groups -OCH3 is 1. The lowest BCUT2D eigenvalue weighted by Gasteiger charge is -2.25. The van der Waals surface area contributed by atoms with Crippen LogP contribution in [-0.4, -0.2) is 50.4 Å². The Hall–Kier alpha value is -1.63. The van der Waals surface area contributed by atoms with E-state index in [2.05, 4.69) is 0 Å². The van der Waals surface area contributed by atoms with E-state index in [9.17, 15) is 14.4 Å². The minimum absolute atomic E-state index is 0.0266. The van der Waals surface area contributed by atoms with Gasteiger partial charge in [-0.15, -0.1) is 0 Å². The van der Waals surface area contributed by atoms with Gasteiger partial charge in [0.05, 0.1) is 6.61 Å². The van der Waals surface area contributed by atoms with Crippen molar-refractivity contribution in [3.8, 4) is 0 Å². The molecule has 0 unspecified atom stereocenters. The molecule has 0 aromatic carbocycles. The molecule has 7 heteroatoms. The van der Waals surface area contributed by atoms with Crippen molar-refractivity contribution in [3.05, 3.63) is 0 Å². The van der Waals surface area contributed by atoms with E-state index in [1.165, 1.54) is 27.9 Å². The van der Waals surface area contributed by atoms with Gasteiger partial charge in [0.25, 0.3) is 0 Å². The Morgan fingerprint density at radius 2 is 1.28 bits per heavy atom. The maximum atomic E-state index is 10.9. The molecule has 0 spiro atoms. The van der Waals surface area contributed by atoms with Crippen molar-refractivity contribution < 1.29 is 33.3 Å². The molecule has 0 amide bonds. The zero-order valence-electron chi connectivity index (χ0n) is 10.9. The summed E-state index contributed by atoms with van der Waals surface area (Å²) in [6.45, 7) is 3.48. The second-order valence-electron chi connectivity index (χ2n) is 3.55. The topological polar surface area (TPSA) is 88.1 Å². The zero-order chi connectivity index (χ0) is 14.1. The van der Waals surface area contributed by atoms with Crippen LogP contribution in [0, 0.1) is 0 Å². The first kappa shape index (κ1) is 16.4. The largest absolute Gasteiger partial charge is 0.462 e. The van der Waals surface area contributed by atoms with Crippen molar-refractivity contribution in [2.45, 2.75) is 33.0 Å². The van der Waals surface area contributed by atoms with E-state index in [1.54, 1.807) is 0 Å². The Balaban J connectivity index is 4.66. The number of ether oxygens (including phenoxy) is 4. The summed E-state index contributed by atoms with van der Waals surface area (Å²) >= 11 is 0. The summed E-state index contributed by atoms with van der Waals surface area (Å²) in [5.74, 6) is -1.64. The van der Waals surface area contributed by atoms with Crippen LogP contribution in [0.25, 0.3) is 0 Å². The zero-order valence-corrected chi connectivity index (χ0v) is 10.9. The molecule has 7 nitrogen and oxygen atoms in total. The fourth-order valence-electron chi connectivity index (χ4n) is 1.22. The fraction of sp³-hybridized carbons (Fsp3) is 0.727. The van der Waals surface area contributed by atoms with Crippen molar-refractivity contribution >= 4 is 17.9 Å². The monoisotopic (exact) mass is 262 g/mol. The average Bonchev–Trinajstić information content (AvgIpc) is 2.22. The molecule has 0 radical (unpaired) electrons. The molecule has 0 rings (SSSR count). The van der Waals surface area contributed by atoms with Crippen LogP contribution in [0.5, 0.6) is 0 Å². The fourth-order valence-corrected chi connectivity index (χ4v) is 1.22. The molecule has 0 bridgehead atoms. The van der Waals surface area contributed by atoms with Gasteiger partial charge in [-0.2, -0.15) is 0 Å². The second-order valence-corrected chi connectivity index (χ2v) is 3.55. The number of hydrogen-bond acceptors (Lipinski definition) is 7. The predicted octanol–water partition coefficient (Wildman–Crippen LogP) is 0.0593. The highest BCUT2D eigenvalue weighted by Gasteiger charge is 2.28. The van der Waals surface area contributed by atoms with Gasteiger partial charge in [0.1, 0.15) is 6.61 Å². The third-order valence-corrected chi connectivity index (χ3v) is 1.83. The molecule has 0 aromatic heterocycles. The van der Waals surface area contributed by atoms with Gasteiger partial charge in [-0.3, -0.25) is 14.4 Å². The van der Waals surface area contributed by atoms with Gasteiger partial charge in [0.2, 0.25) is 0 Å². The maximum absolute atomic E-state index is 10.9. The minimum atomic E-state index is -0.893. The van der Waals surface area contributed by atoms with Crippen molar-refractivity contribution in [1.82, 2.24) is 0 Å². The molecule has 0 saturated heterocycles. The third-order valence-electron chi connectivity index (χ3n) is 1.83. The van der Waals surface area contributed by atoms with Crippen LogP contribution in [0.15, 0.2) is 0 Å². The molecule has 0 aliphatic rings. The molecule has 2 atom stereocenters. The lowest BCUT2D eigenvalue weighted by Crippen LogP contribution is -2.41. The van der Waals surface area contributed by atoms with Crippen LogP contribution in [-0.2, 0) is 33.3 Å². The number of esters is 3. The van der Waals surface area contributed by atoms with E-state index in [-0.39, 0.29) is 13.2 Å². The maximum Gasteiger partial charge on any atom is 0.303 e. The standard InChI is InChI=1S/C11H18O7/c1-7(12)16-6-11(18-9(3)14)10(5-15-4)17-8(2)13/h10-11H,5-6H2,1-4H3/t10-,11+/m0/s1. The number of hydrogen-bond donors (Lipinski definition) is 0. The van der Waals surface area contributed by atoms with Gasteiger partial charge in [-0.25, -0.2) is 0 Å². The van der Waals surface area contributed by atoms with E-state index < -0.39 is 30.1 Å². The molecule has 0 saturated carbocycles. The van der Waals surface area contributed by atoms with Gasteiger partial charge < -0.3 is 18.9 Å². The Morgan fingerprint density at radius 3 is 1.61 bits per heavy atom.